The molecule has 0 saturated heterocycles. The lowest BCUT2D eigenvalue weighted by molar-refractivity contribution is 0.483. The third-order valence-electron chi connectivity index (χ3n) is 1.28. The van der Waals surface area contributed by atoms with Gasteiger partial charge in [0.25, 0.3) is 10.1 Å². The highest BCUT2D eigenvalue weighted by Crippen LogP contribution is 2.08. The SMILES string of the molecule is N#Cc1ccc(S(=O)(=O)O)cc1. The fourth-order valence-corrected chi connectivity index (χ4v) is 1.18. The Labute approximate surface area is 69.8 Å². The van der Waals surface area contributed by atoms with Crippen LogP contribution in [-0.2, 0) is 10.1 Å². The van der Waals surface area contributed by atoms with E-state index < -0.39 is 10.1 Å². The van der Waals surface area contributed by atoms with Crippen LogP contribution < -0.4 is 0 Å². The average Bonchev–Trinajstić information content (AvgIpc) is 2.03. The molecule has 0 bridgehead atoms. The molecule has 0 radical (unpaired) electrons. The summed E-state index contributed by atoms with van der Waals surface area (Å²) in [4.78, 5) is -0.207. The molecule has 1 N–H and O–H groups in total. The Morgan fingerprint density at radius 2 is 1.75 bits per heavy atom. The second kappa shape index (κ2) is 2.93. The Hall–Kier alpha value is -1.38. The van der Waals surface area contributed by atoms with Crippen molar-refractivity contribution in [3.8, 4) is 6.07 Å². The minimum absolute atomic E-state index is 0.207. The molecule has 0 amide bonds. The van der Waals surface area contributed by atoms with Crippen LogP contribution in [0.5, 0.6) is 0 Å². The van der Waals surface area contributed by atoms with Crippen LogP contribution in [0.2, 0.25) is 0 Å². The molecule has 0 heterocycles. The summed E-state index contributed by atoms with van der Waals surface area (Å²) in [6.07, 6.45) is 0. The fourth-order valence-electron chi connectivity index (χ4n) is 0.701. The van der Waals surface area contributed by atoms with Gasteiger partial charge in [0.2, 0.25) is 0 Å². The highest BCUT2D eigenvalue weighted by atomic mass is 32.2. The molecule has 4 nitrogen and oxygen atoms in total. The normalized spacial score (nSPS) is 10.7. The third kappa shape index (κ3) is 1.81. The maximum atomic E-state index is 10.5. The number of hydrogen-bond acceptors (Lipinski definition) is 3. The van der Waals surface area contributed by atoms with E-state index in [4.69, 9.17) is 9.81 Å². The predicted octanol–water partition coefficient (Wildman–Crippen LogP) is 0.805. The van der Waals surface area contributed by atoms with Crippen molar-refractivity contribution < 1.29 is 13.0 Å². The first-order valence-corrected chi connectivity index (χ1v) is 4.46. The molecule has 12 heavy (non-hydrogen) atoms. The van der Waals surface area contributed by atoms with E-state index >= 15 is 0 Å². The first kappa shape index (κ1) is 8.71. The van der Waals surface area contributed by atoms with Gasteiger partial charge in [-0.05, 0) is 24.3 Å². The molecule has 1 aromatic rings. The molecule has 0 atom stereocenters. The van der Waals surface area contributed by atoms with Gasteiger partial charge in [-0.2, -0.15) is 13.7 Å². The lowest BCUT2D eigenvalue weighted by atomic mass is 10.2. The second-order valence-electron chi connectivity index (χ2n) is 2.11. The smallest absolute Gasteiger partial charge is 0.282 e. The van der Waals surface area contributed by atoms with Crippen molar-refractivity contribution in [3.05, 3.63) is 29.8 Å². The first-order chi connectivity index (χ1) is 5.54. The standard InChI is InChI=1S/C7H5NO3S/c8-5-6-1-3-7(4-2-6)12(9,10)11/h1-4H,(H,9,10,11). The minimum Gasteiger partial charge on any atom is -0.282 e. The molecule has 0 aliphatic rings. The third-order valence-corrected chi connectivity index (χ3v) is 2.15. The summed E-state index contributed by atoms with van der Waals surface area (Å²) in [6, 6.07) is 6.82. The highest BCUT2D eigenvalue weighted by molar-refractivity contribution is 7.85. The number of nitriles is 1. The molecule has 1 rings (SSSR count). The Kier molecular flexibility index (Phi) is 2.13. The van der Waals surface area contributed by atoms with Crippen molar-refractivity contribution >= 4 is 10.1 Å². The molecule has 5 heteroatoms. The van der Waals surface area contributed by atoms with Gasteiger partial charge in [-0.15, -0.1) is 0 Å². The van der Waals surface area contributed by atoms with Crippen molar-refractivity contribution in [1.82, 2.24) is 0 Å². The van der Waals surface area contributed by atoms with Crippen molar-refractivity contribution in [1.29, 1.82) is 5.26 Å². The van der Waals surface area contributed by atoms with Gasteiger partial charge >= 0.3 is 0 Å². The van der Waals surface area contributed by atoms with Crippen molar-refractivity contribution in [2.75, 3.05) is 0 Å². The van der Waals surface area contributed by atoms with Crippen LogP contribution in [0.1, 0.15) is 5.56 Å². The van der Waals surface area contributed by atoms with Gasteiger partial charge in [0, 0.05) is 0 Å². The largest absolute Gasteiger partial charge is 0.294 e. The van der Waals surface area contributed by atoms with Gasteiger partial charge in [-0.25, -0.2) is 0 Å². The van der Waals surface area contributed by atoms with Gasteiger partial charge in [0.15, 0.2) is 0 Å². The minimum atomic E-state index is -4.14. The summed E-state index contributed by atoms with van der Waals surface area (Å²) in [5.74, 6) is 0. The molecule has 0 aliphatic heterocycles. The Morgan fingerprint density at radius 3 is 2.08 bits per heavy atom. The molecule has 62 valence electrons. The molecule has 0 unspecified atom stereocenters. The lowest BCUT2D eigenvalue weighted by Gasteiger charge is -1.94. The van der Waals surface area contributed by atoms with Crippen LogP contribution in [0.3, 0.4) is 0 Å². The highest BCUT2D eigenvalue weighted by Gasteiger charge is 2.07. The fraction of sp³-hybridized carbons (Fsp3) is 0. The van der Waals surface area contributed by atoms with Crippen molar-refractivity contribution in [3.63, 3.8) is 0 Å². The molecule has 0 fully saturated rings. The van der Waals surface area contributed by atoms with Crippen LogP contribution in [0.15, 0.2) is 29.2 Å². The van der Waals surface area contributed by atoms with Gasteiger partial charge < -0.3 is 0 Å². The quantitative estimate of drug-likeness (QED) is 0.653. The Balaban J connectivity index is 3.20. The zero-order valence-electron chi connectivity index (χ0n) is 5.93. The second-order valence-corrected chi connectivity index (χ2v) is 3.53. The summed E-state index contributed by atoms with van der Waals surface area (Å²) >= 11 is 0. The lowest BCUT2D eigenvalue weighted by Crippen LogP contribution is -1.97. The zero-order chi connectivity index (χ0) is 9.19. The van der Waals surface area contributed by atoms with Crippen LogP contribution in [0, 0.1) is 11.3 Å². The maximum Gasteiger partial charge on any atom is 0.294 e. The summed E-state index contributed by atoms with van der Waals surface area (Å²) in [5, 5.41) is 8.37. The monoisotopic (exact) mass is 183 g/mol. The maximum absolute atomic E-state index is 10.5. The summed E-state index contributed by atoms with van der Waals surface area (Å²) < 4.78 is 29.6. The van der Waals surface area contributed by atoms with Crippen LogP contribution >= 0.6 is 0 Å². The number of hydrogen-bond donors (Lipinski definition) is 1. The van der Waals surface area contributed by atoms with Crippen molar-refractivity contribution in [2.24, 2.45) is 0 Å². The molecule has 0 aliphatic carbocycles. The Morgan fingerprint density at radius 1 is 1.25 bits per heavy atom. The van der Waals surface area contributed by atoms with E-state index in [9.17, 15) is 8.42 Å². The van der Waals surface area contributed by atoms with Crippen LogP contribution in [-0.4, -0.2) is 13.0 Å². The first-order valence-electron chi connectivity index (χ1n) is 3.02. The van der Waals surface area contributed by atoms with E-state index in [2.05, 4.69) is 0 Å². The Bertz CT molecular complexity index is 413. The van der Waals surface area contributed by atoms with E-state index in [-0.39, 0.29) is 4.90 Å². The van der Waals surface area contributed by atoms with E-state index in [1.807, 2.05) is 6.07 Å². The molecule has 0 saturated carbocycles. The van der Waals surface area contributed by atoms with E-state index in [1.54, 1.807) is 0 Å². The topological polar surface area (TPSA) is 78.2 Å². The van der Waals surface area contributed by atoms with Crippen LogP contribution in [0.4, 0.5) is 0 Å². The van der Waals surface area contributed by atoms with E-state index in [0.717, 1.165) is 0 Å². The molecule has 0 spiro atoms. The number of benzene rings is 1. The zero-order valence-corrected chi connectivity index (χ0v) is 6.75. The van der Waals surface area contributed by atoms with E-state index in [0.29, 0.717) is 5.56 Å². The average molecular weight is 183 g/mol. The summed E-state index contributed by atoms with van der Waals surface area (Å²) in [6.45, 7) is 0. The van der Waals surface area contributed by atoms with Crippen LogP contribution in [0.25, 0.3) is 0 Å². The van der Waals surface area contributed by atoms with Gasteiger partial charge in [0.05, 0.1) is 16.5 Å². The number of rotatable bonds is 1. The van der Waals surface area contributed by atoms with Crippen molar-refractivity contribution in [2.45, 2.75) is 4.90 Å². The summed E-state index contributed by atoms with van der Waals surface area (Å²) in [7, 11) is -4.14. The summed E-state index contributed by atoms with van der Waals surface area (Å²) in [5.41, 5.74) is 0.349. The molecular formula is C7H5NO3S. The molecular weight excluding hydrogens is 178 g/mol. The van der Waals surface area contributed by atoms with Gasteiger partial charge in [0.1, 0.15) is 0 Å². The molecule has 1 aromatic carbocycles. The number of nitrogens with zero attached hydrogens (tertiary/aromatic N) is 1. The van der Waals surface area contributed by atoms with E-state index in [1.165, 1.54) is 24.3 Å². The van der Waals surface area contributed by atoms with Gasteiger partial charge in [-0.1, -0.05) is 0 Å². The molecule has 0 aromatic heterocycles. The van der Waals surface area contributed by atoms with Gasteiger partial charge in [-0.3, -0.25) is 4.55 Å². The predicted molar refractivity (Wildman–Crippen MR) is 41.0 cm³/mol.